The Bertz CT molecular complexity index is 1180. The fourth-order valence-electron chi connectivity index (χ4n) is 4.63. The second-order valence-electron chi connectivity index (χ2n) is 8.81. The molecule has 0 radical (unpaired) electrons. The van der Waals surface area contributed by atoms with Gasteiger partial charge in [0.1, 0.15) is 0 Å². The minimum absolute atomic E-state index is 0.0441. The predicted molar refractivity (Wildman–Crippen MR) is 143 cm³/mol. The molecule has 180 valence electrons. The first-order valence-corrected chi connectivity index (χ1v) is 12.5. The van der Waals surface area contributed by atoms with Gasteiger partial charge in [0, 0.05) is 48.1 Å². The summed E-state index contributed by atoms with van der Waals surface area (Å²) in [5.41, 5.74) is 5.33. The molecule has 2 amide bonds. The summed E-state index contributed by atoms with van der Waals surface area (Å²) in [4.78, 5) is 32.4. The van der Waals surface area contributed by atoms with Crippen LogP contribution in [-0.2, 0) is 0 Å². The second kappa shape index (κ2) is 11.6. The Kier molecular flexibility index (Phi) is 8.09. The molecule has 0 saturated carbocycles. The fourth-order valence-corrected chi connectivity index (χ4v) is 4.63. The Labute approximate surface area is 207 Å². The lowest BCUT2D eigenvalue weighted by Gasteiger charge is -2.24. The molecule has 1 aliphatic heterocycles. The molecule has 0 aliphatic carbocycles. The molecule has 1 aliphatic rings. The van der Waals surface area contributed by atoms with E-state index in [0.29, 0.717) is 24.2 Å². The highest BCUT2D eigenvalue weighted by Gasteiger charge is 2.24. The van der Waals surface area contributed by atoms with Gasteiger partial charge in [-0.25, -0.2) is 0 Å². The summed E-state index contributed by atoms with van der Waals surface area (Å²) in [6.45, 7) is 6.20. The minimum atomic E-state index is -0.137. The van der Waals surface area contributed by atoms with E-state index in [4.69, 9.17) is 4.99 Å². The Morgan fingerprint density at radius 1 is 0.857 bits per heavy atom. The van der Waals surface area contributed by atoms with Crippen molar-refractivity contribution in [1.29, 1.82) is 0 Å². The Morgan fingerprint density at radius 2 is 1.60 bits per heavy atom. The van der Waals surface area contributed by atoms with Crippen molar-refractivity contribution >= 4 is 23.2 Å². The highest BCUT2D eigenvalue weighted by Crippen LogP contribution is 2.31. The number of para-hydroxylation sites is 1. The number of carbonyl (C=O) groups excluding carboxylic acids is 2. The summed E-state index contributed by atoms with van der Waals surface area (Å²) >= 11 is 0. The molecule has 0 aromatic heterocycles. The summed E-state index contributed by atoms with van der Waals surface area (Å²) in [6.07, 6.45) is 3.15. The van der Waals surface area contributed by atoms with E-state index in [2.05, 4.69) is 11.4 Å². The molecule has 0 bridgehead atoms. The van der Waals surface area contributed by atoms with Crippen LogP contribution in [0.3, 0.4) is 0 Å². The highest BCUT2D eigenvalue weighted by atomic mass is 16.2. The lowest BCUT2D eigenvalue weighted by Crippen LogP contribution is -2.30. The van der Waals surface area contributed by atoms with Crippen LogP contribution in [0.25, 0.3) is 0 Å². The first-order chi connectivity index (χ1) is 17.1. The molecule has 0 saturated heterocycles. The third kappa shape index (κ3) is 5.86. The van der Waals surface area contributed by atoms with Crippen molar-refractivity contribution in [2.24, 2.45) is 4.99 Å². The van der Waals surface area contributed by atoms with Gasteiger partial charge in [0.2, 0.25) is 0 Å². The largest absolute Gasteiger partial charge is 0.339 e. The van der Waals surface area contributed by atoms with Crippen LogP contribution in [0.2, 0.25) is 0 Å². The summed E-state index contributed by atoms with van der Waals surface area (Å²) in [7, 11) is 0. The number of nitrogens with zero attached hydrogens (tertiary/aromatic N) is 2. The predicted octanol–water partition coefficient (Wildman–Crippen LogP) is 6.18. The average Bonchev–Trinajstić information content (AvgIpc) is 2.91. The van der Waals surface area contributed by atoms with Gasteiger partial charge in [-0.2, -0.15) is 0 Å². The van der Waals surface area contributed by atoms with Crippen LogP contribution in [-0.4, -0.2) is 42.1 Å². The van der Waals surface area contributed by atoms with E-state index in [1.54, 1.807) is 0 Å². The molecule has 1 unspecified atom stereocenters. The Hall–Kier alpha value is -3.73. The van der Waals surface area contributed by atoms with Crippen LogP contribution in [0.4, 0.5) is 5.69 Å². The summed E-state index contributed by atoms with van der Waals surface area (Å²) in [5, 5.41) is 2.97. The van der Waals surface area contributed by atoms with Gasteiger partial charge in [0.15, 0.2) is 0 Å². The van der Waals surface area contributed by atoms with Gasteiger partial charge in [-0.15, -0.1) is 0 Å². The Morgan fingerprint density at radius 3 is 2.26 bits per heavy atom. The lowest BCUT2D eigenvalue weighted by atomic mass is 9.83. The van der Waals surface area contributed by atoms with Gasteiger partial charge in [-0.1, -0.05) is 42.5 Å². The summed E-state index contributed by atoms with van der Waals surface area (Å²) in [5.74, 6) is -0.132. The molecule has 5 heteroatoms. The van der Waals surface area contributed by atoms with Crippen LogP contribution in [0, 0.1) is 0 Å². The van der Waals surface area contributed by atoms with Gasteiger partial charge in [-0.3, -0.25) is 14.6 Å². The van der Waals surface area contributed by atoms with Crippen LogP contribution in [0.5, 0.6) is 0 Å². The SMILES string of the molecule is CCN(CC)C(=O)c1ccc(C(C2=NCCCC2)c2cccc(C(=O)Nc3ccccc3)c2)cc1. The number of nitrogens with one attached hydrogen (secondary N) is 1. The van der Waals surface area contributed by atoms with Gasteiger partial charge in [0.25, 0.3) is 11.8 Å². The first-order valence-electron chi connectivity index (χ1n) is 12.5. The molecule has 1 atom stereocenters. The normalized spacial score (nSPS) is 14.1. The van der Waals surface area contributed by atoms with Crippen molar-refractivity contribution in [3.63, 3.8) is 0 Å². The number of amides is 2. The van der Waals surface area contributed by atoms with Gasteiger partial charge in [-0.05, 0) is 80.6 Å². The second-order valence-corrected chi connectivity index (χ2v) is 8.81. The summed E-state index contributed by atoms with van der Waals surface area (Å²) in [6, 6.07) is 25.2. The molecule has 1 N–H and O–H groups in total. The van der Waals surface area contributed by atoms with E-state index < -0.39 is 0 Å². The maximum absolute atomic E-state index is 13.0. The minimum Gasteiger partial charge on any atom is -0.339 e. The van der Waals surface area contributed by atoms with E-state index >= 15 is 0 Å². The zero-order chi connectivity index (χ0) is 24.6. The zero-order valence-electron chi connectivity index (χ0n) is 20.5. The average molecular weight is 468 g/mol. The molecule has 3 aromatic rings. The molecule has 35 heavy (non-hydrogen) atoms. The van der Waals surface area contributed by atoms with Crippen LogP contribution in [0.15, 0.2) is 83.9 Å². The number of carbonyl (C=O) groups is 2. The molecular weight excluding hydrogens is 434 g/mol. The molecule has 5 nitrogen and oxygen atoms in total. The number of hydrogen-bond donors (Lipinski definition) is 1. The Balaban J connectivity index is 1.65. The molecule has 3 aromatic carbocycles. The zero-order valence-corrected chi connectivity index (χ0v) is 20.5. The van der Waals surface area contributed by atoms with Crippen molar-refractivity contribution in [3.8, 4) is 0 Å². The monoisotopic (exact) mass is 467 g/mol. The third-order valence-electron chi connectivity index (χ3n) is 6.54. The molecule has 0 spiro atoms. The lowest BCUT2D eigenvalue weighted by molar-refractivity contribution is 0.0772. The summed E-state index contributed by atoms with van der Waals surface area (Å²) < 4.78 is 0. The topological polar surface area (TPSA) is 61.8 Å². The van der Waals surface area contributed by atoms with Crippen molar-refractivity contribution in [2.75, 3.05) is 25.0 Å². The van der Waals surface area contributed by atoms with Gasteiger partial charge in [0.05, 0.1) is 0 Å². The van der Waals surface area contributed by atoms with Crippen molar-refractivity contribution < 1.29 is 9.59 Å². The quantitative estimate of drug-likeness (QED) is 0.430. The number of benzene rings is 3. The maximum Gasteiger partial charge on any atom is 0.255 e. The van der Waals surface area contributed by atoms with E-state index in [9.17, 15) is 9.59 Å². The highest BCUT2D eigenvalue weighted by molar-refractivity contribution is 6.05. The van der Waals surface area contributed by atoms with Crippen LogP contribution >= 0.6 is 0 Å². The molecule has 4 rings (SSSR count). The van der Waals surface area contributed by atoms with Crippen molar-refractivity contribution in [1.82, 2.24) is 4.90 Å². The molecule has 0 fully saturated rings. The van der Waals surface area contributed by atoms with Gasteiger partial charge >= 0.3 is 0 Å². The first kappa shape index (κ1) is 24.4. The molecule has 1 heterocycles. The van der Waals surface area contributed by atoms with Gasteiger partial charge < -0.3 is 10.2 Å². The fraction of sp³-hybridized carbons (Fsp3) is 0.300. The maximum atomic E-state index is 13.0. The van der Waals surface area contributed by atoms with E-state index in [1.165, 1.54) is 0 Å². The number of rotatable bonds is 8. The van der Waals surface area contributed by atoms with Crippen molar-refractivity contribution in [2.45, 2.75) is 39.0 Å². The van der Waals surface area contributed by atoms with E-state index in [-0.39, 0.29) is 17.7 Å². The van der Waals surface area contributed by atoms with E-state index in [0.717, 1.165) is 48.3 Å². The standard InChI is InChI=1S/C30H33N3O2/c1-3-33(4-2)30(35)23-18-16-22(17-19-23)28(27-15-8-9-20-31-27)24-11-10-12-25(21-24)29(34)32-26-13-6-5-7-14-26/h5-7,10-14,16-19,21,28H,3-4,8-9,15,20H2,1-2H3,(H,32,34). The number of aliphatic imine (C=N–C) groups is 1. The van der Waals surface area contributed by atoms with Crippen molar-refractivity contribution in [3.05, 3.63) is 101 Å². The molecular formula is C30H33N3O2. The van der Waals surface area contributed by atoms with E-state index in [1.807, 2.05) is 91.5 Å². The van der Waals surface area contributed by atoms with Crippen LogP contribution < -0.4 is 5.32 Å². The third-order valence-corrected chi connectivity index (χ3v) is 6.54. The number of hydrogen-bond acceptors (Lipinski definition) is 3. The van der Waals surface area contributed by atoms with Crippen LogP contribution in [0.1, 0.15) is 70.9 Å². The number of anilines is 1. The smallest absolute Gasteiger partial charge is 0.255 e.